The van der Waals surface area contributed by atoms with Crippen LogP contribution in [-0.2, 0) is 9.59 Å². The van der Waals surface area contributed by atoms with Gasteiger partial charge in [-0.2, -0.15) is 0 Å². The van der Waals surface area contributed by atoms with Crippen molar-refractivity contribution >= 4 is 41.0 Å². The Morgan fingerprint density at radius 3 is 2.18 bits per heavy atom. The second-order valence-electron chi connectivity index (χ2n) is 4.87. The quantitative estimate of drug-likeness (QED) is 0.847. The van der Waals surface area contributed by atoms with Crippen molar-refractivity contribution in [1.82, 2.24) is 9.80 Å². The number of piperazine rings is 1. The summed E-state index contributed by atoms with van der Waals surface area (Å²) in [7, 11) is 0. The van der Waals surface area contributed by atoms with Crippen LogP contribution in [0.3, 0.4) is 0 Å². The molecule has 0 aromatic heterocycles. The monoisotopic (exact) mass is 344 g/mol. The first-order valence-corrected chi connectivity index (χ1v) is 7.38. The molecule has 1 heterocycles. The number of rotatable bonds is 3. The average Bonchev–Trinajstić information content (AvgIpc) is 2.46. The fourth-order valence-corrected chi connectivity index (χ4v) is 2.72. The minimum Gasteiger partial charge on any atom is -0.481 e. The zero-order valence-electron chi connectivity index (χ0n) is 11.6. The SMILES string of the molecule is O=C(O)CC(=O)N1CCN(C(=O)c2ccc(Cl)cc2Cl)CC1. The molecule has 1 N–H and O–H groups in total. The fraction of sp³-hybridized carbons (Fsp3) is 0.357. The molecule has 0 spiro atoms. The first kappa shape index (κ1) is 16.6. The van der Waals surface area contributed by atoms with Gasteiger partial charge in [-0.3, -0.25) is 14.4 Å². The number of amides is 2. The number of carboxylic acids is 1. The van der Waals surface area contributed by atoms with Gasteiger partial charge in [0.25, 0.3) is 5.91 Å². The van der Waals surface area contributed by atoms with E-state index in [1.807, 2.05) is 0 Å². The smallest absolute Gasteiger partial charge is 0.312 e. The van der Waals surface area contributed by atoms with E-state index in [0.717, 1.165) is 0 Å². The van der Waals surface area contributed by atoms with Gasteiger partial charge in [0.05, 0.1) is 10.6 Å². The van der Waals surface area contributed by atoms with E-state index in [1.165, 1.54) is 11.0 Å². The Labute approximate surface area is 137 Å². The third kappa shape index (κ3) is 3.90. The molecule has 0 radical (unpaired) electrons. The molecule has 1 fully saturated rings. The Morgan fingerprint density at radius 2 is 1.64 bits per heavy atom. The number of nitrogens with zero attached hydrogens (tertiary/aromatic N) is 2. The number of hydrogen-bond acceptors (Lipinski definition) is 3. The van der Waals surface area contributed by atoms with Gasteiger partial charge in [-0.15, -0.1) is 0 Å². The second kappa shape index (κ2) is 6.98. The van der Waals surface area contributed by atoms with E-state index in [2.05, 4.69) is 0 Å². The molecule has 0 aliphatic carbocycles. The number of aliphatic carboxylic acids is 1. The van der Waals surface area contributed by atoms with Crippen LogP contribution < -0.4 is 0 Å². The molecule has 22 heavy (non-hydrogen) atoms. The molecule has 1 aromatic rings. The second-order valence-corrected chi connectivity index (χ2v) is 5.71. The Hall–Kier alpha value is -1.79. The fourth-order valence-electron chi connectivity index (χ4n) is 2.23. The van der Waals surface area contributed by atoms with E-state index in [0.29, 0.717) is 36.8 Å². The topological polar surface area (TPSA) is 77.9 Å². The summed E-state index contributed by atoms with van der Waals surface area (Å²) >= 11 is 11.8. The summed E-state index contributed by atoms with van der Waals surface area (Å²) in [6.07, 6.45) is -0.531. The van der Waals surface area contributed by atoms with Gasteiger partial charge in [0.15, 0.2) is 0 Å². The van der Waals surface area contributed by atoms with Crippen molar-refractivity contribution in [2.24, 2.45) is 0 Å². The number of halogens is 2. The minimum atomic E-state index is -1.16. The Kier molecular flexibility index (Phi) is 5.26. The van der Waals surface area contributed by atoms with Crippen molar-refractivity contribution < 1.29 is 19.5 Å². The third-order valence-electron chi connectivity index (χ3n) is 3.38. The van der Waals surface area contributed by atoms with Crippen LogP contribution in [0.1, 0.15) is 16.8 Å². The lowest BCUT2D eigenvalue weighted by molar-refractivity contribution is -0.144. The summed E-state index contributed by atoms with van der Waals surface area (Å²) in [6, 6.07) is 4.66. The molecule has 1 saturated heterocycles. The predicted octanol–water partition coefficient (Wildman–Crippen LogP) is 1.75. The van der Waals surface area contributed by atoms with Gasteiger partial charge in [0, 0.05) is 31.2 Å². The molecule has 2 rings (SSSR count). The average molecular weight is 345 g/mol. The molecule has 8 heteroatoms. The number of hydrogen-bond donors (Lipinski definition) is 1. The Bertz CT molecular complexity index is 613. The number of carboxylic acid groups (broad SMARTS) is 1. The van der Waals surface area contributed by atoms with E-state index in [4.69, 9.17) is 28.3 Å². The summed E-state index contributed by atoms with van der Waals surface area (Å²) in [5.41, 5.74) is 0.358. The number of benzene rings is 1. The van der Waals surface area contributed by atoms with Gasteiger partial charge in [0.2, 0.25) is 5.91 Å². The highest BCUT2D eigenvalue weighted by atomic mass is 35.5. The summed E-state index contributed by atoms with van der Waals surface area (Å²) < 4.78 is 0. The molecule has 0 bridgehead atoms. The highest BCUT2D eigenvalue weighted by Gasteiger charge is 2.26. The van der Waals surface area contributed by atoms with Crippen LogP contribution in [0.2, 0.25) is 10.0 Å². The first-order chi connectivity index (χ1) is 10.4. The molecule has 0 unspecified atom stereocenters. The van der Waals surface area contributed by atoms with Gasteiger partial charge >= 0.3 is 5.97 Å². The van der Waals surface area contributed by atoms with Crippen LogP contribution in [0, 0.1) is 0 Å². The van der Waals surface area contributed by atoms with E-state index in [1.54, 1.807) is 17.0 Å². The van der Waals surface area contributed by atoms with Gasteiger partial charge in [0.1, 0.15) is 6.42 Å². The van der Waals surface area contributed by atoms with E-state index < -0.39 is 18.3 Å². The molecular formula is C14H14Cl2N2O4. The van der Waals surface area contributed by atoms with Gasteiger partial charge < -0.3 is 14.9 Å². The molecule has 0 atom stereocenters. The van der Waals surface area contributed by atoms with E-state index >= 15 is 0 Å². The van der Waals surface area contributed by atoms with Crippen molar-refractivity contribution in [3.8, 4) is 0 Å². The molecule has 118 valence electrons. The van der Waals surface area contributed by atoms with Crippen molar-refractivity contribution in [3.05, 3.63) is 33.8 Å². The third-order valence-corrected chi connectivity index (χ3v) is 3.93. The van der Waals surface area contributed by atoms with Crippen molar-refractivity contribution in [2.45, 2.75) is 6.42 Å². The largest absolute Gasteiger partial charge is 0.481 e. The molecule has 1 aromatic carbocycles. The zero-order valence-corrected chi connectivity index (χ0v) is 13.1. The van der Waals surface area contributed by atoms with Crippen molar-refractivity contribution in [1.29, 1.82) is 0 Å². The zero-order chi connectivity index (χ0) is 16.3. The summed E-state index contributed by atoms with van der Waals surface area (Å²) in [4.78, 5) is 37.6. The lowest BCUT2D eigenvalue weighted by Crippen LogP contribution is -2.50. The van der Waals surface area contributed by atoms with Crippen molar-refractivity contribution in [3.63, 3.8) is 0 Å². The lowest BCUT2D eigenvalue weighted by atomic mass is 10.1. The predicted molar refractivity (Wildman–Crippen MR) is 81.2 cm³/mol. The normalized spacial score (nSPS) is 14.8. The van der Waals surface area contributed by atoms with Gasteiger partial charge in [-0.25, -0.2) is 0 Å². The minimum absolute atomic E-state index is 0.230. The molecule has 1 aliphatic rings. The number of carbonyl (C=O) groups excluding carboxylic acids is 2. The van der Waals surface area contributed by atoms with Crippen LogP contribution in [0.4, 0.5) is 0 Å². The van der Waals surface area contributed by atoms with E-state index in [9.17, 15) is 14.4 Å². The highest BCUT2D eigenvalue weighted by molar-refractivity contribution is 6.36. The van der Waals surface area contributed by atoms with Crippen LogP contribution in [0.15, 0.2) is 18.2 Å². The summed E-state index contributed by atoms with van der Waals surface area (Å²) in [6.45, 7) is 1.29. The molecule has 6 nitrogen and oxygen atoms in total. The molecule has 0 saturated carbocycles. The molecule has 1 aliphatic heterocycles. The van der Waals surface area contributed by atoms with Gasteiger partial charge in [-0.05, 0) is 18.2 Å². The number of carbonyl (C=O) groups is 3. The Morgan fingerprint density at radius 1 is 1.05 bits per heavy atom. The highest BCUT2D eigenvalue weighted by Crippen LogP contribution is 2.22. The van der Waals surface area contributed by atoms with Crippen LogP contribution >= 0.6 is 23.2 Å². The van der Waals surface area contributed by atoms with Gasteiger partial charge in [-0.1, -0.05) is 23.2 Å². The van der Waals surface area contributed by atoms with Crippen LogP contribution in [0.5, 0.6) is 0 Å². The first-order valence-electron chi connectivity index (χ1n) is 6.62. The molecular weight excluding hydrogens is 331 g/mol. The lowest BCUT2D eigenvalue weighted by Gasteiger charge is -2.34. The molecule has 2 amide bonds. The maximum absolute atomic E-state index is 12.4. The van der Waals surface area contributed by atoms with Crippen LogP contribution in [0.25, 0.3) is 0 Å². The standard InChI is InChI=1S/C14H14Cl2N2O4/c15-9-1-2-10(11(16)7-9)14(22)18-5-3-17(4-6-18)12(19)8-13(20)21/h1-2,7H,3-6,8H2,(H,20,21). The summed E-state index contributed by atoms with van der Waals surface area (Å²) in [5.74, 6) is -1.83. The maximum Gasteiger partial charge on any atom is 0.312 e. The van der Waals surface area contributed by atoms with Crippen molar-refractivity contribution in [2.75, 3.05) is 26.2 Å². The van der Waals surface area contributed by atoms with E-state index in [-0.39, 0.29) is 10.9 Å². The maximum atomic E-state index is 12.4. The Balaban J connectivity index is 1.98. The van der Waals surface area contributed by atoms with Crippen LogP contribution in [-0.4, -0.2) is 58.9 Å². The summed E-state index contributed by atoms with van der Waals surface area (Å²) in [5, 5.41) is 9.35.